The van der Waals surface area contributed by atoms with Gasteiger partial charge in [0.1, 0.15) is 0 Å². The van der Waals surface area contributed by atoms with Crippen LogP contribution in [-0.4, -0.2) is 22.0 Å². The van der Waals surface area contributed by atoms with E-state index in [9.17, 15) is 5.11 Å². The molecule has 2 N–H and O–H groups in total. The van der Waals surface area contributed by atoms with Crippen molar-refractivity contribution in [2.75, 3.05) is 12.4 Å². The van der Waals surface area contributed by atoms with Crippen LogP contribution >= 0.6 is 0 Å². The number of hydrogen-bond donors (Lipinski definition) is 2. The largest absolute Gasteiger partial charge is 0.504 e. The number of phenolic OH excluding ortho intramolecular Hbond substituents is 1. The SMILES string of the molecule is COc1cc(C(C)Nc2cnn(C)c2)ccc1O. The van der Waals surface area contributed by atoms with Crippen molar-refractivity contribution in [3.8, 4) is 11.5 Å². The standard InChI is InChI=1S/C13H17N3O2/c1-9(15-11-7-14-16(2)8-11)10-4-5-12(17)13(6-10)18-3/h4-9,15,17H,1-3H3. The van der Waals surface area contributed by atoms with Gasteiger partial charge in [-0.2, -0.15) is 5.10 Å². The second kappa shape index (κ2) is 5.00. The number of methoxy groups -OCH3 is 1. The normalized spacial score (nSPS) is 12.2. The molecular formula is C13H17N3O2. The molecule has 96 valence electrons. The van der Waals surface area contributed by atoms with Crippen LogP contribution in [0.2, 0.25) is 0 Å². The third kappa shape index (κ3) is 2.56. The highest BCUT2D eigenvalue weighted by molar-refractivity contribution is 5.46. The third-order valence-electron chi connectivity index (χ3n) is 2.79. The highest BCUT2D eigenvalue weighted by Gasteiger charge is 2.09. The molecule has 5 heteroatoms. The van der Waals surface area contributed by atoms with Crippen LogP contribution in [0.5, 0.6) is 11.5 Å². The van der Waals surface area contributed by atoms with E-state index in [1.807, 2.05) is 32.3 Å². The maximum Gasteiger partial charge on any atom is 0.160 e. The van der Waals surface area contributed by atoms with Gasteiger partial charge in [0.25, 0.3) is 0 Å². The summed E-state index contributed by atoms with van der Waals surface area (Å²) in [6.45, 7) is 2.04. The molecule has 0 fully saturated rings. The molecule has 0 spiro atoms. The molecule has 1 unspecified atom stereocenters. The number of ether oxygens (including phenoxy) is 1. The zero-order valence-electron chi connectivity index (χ0n) is 10.7. The average molecular weight is 247 g/mol. The van der Waals surface area contributed by atoms with Gasteiger partial charge in [0.05, 0.1) is 19.0 Å². The van der Waals surface area contributed by atoms with E-state index >= 15 is 0 Å². The van der Waals surface area contributed by atoms with Gasteiger partial charge in [-0.1, -0.05) is 6.07 Å². The van der Waals surface area contributed by atoms with E-state index < -0.39 is 0 Å². The first-order valence-corrected chi connectivity index (χ1v) is 5.72. The van der Waals surface area contributed by atoms with Gasteiger partial charge in [0.2, 0.25) is 0 Å². The van der Waals surface area contributed by atoms with Crippen LogP contribution in [0.25, 0.3) is 0 Å². The molecule has 0 saturated carbocycles. The van der Waals surface area contributed by atoms with Gasteiger partial charge in [-0.15, -0.1) is 0 Å². The van der Waals surface area contributed by atoms with Gasteiger partial charge < -0.3 is 15.2 Å². The fraction of sp³-hybridized carbons (Fsp3) is 0.308. The summed E-state index contributed by atoms with van der Waals surface area (Å²) in [5.74, 6) is 0.627. The number of benzene rings is 1. The third-order valence-corrected chi connectivity index (χ3v) is 2.79. The van der Waals surface area contributed by atoms with E-state index in [0.717, 1.165) is 11.3 Å². The predicted octanol–water partition coefficient (Wildman–Crippen LogP) is 2.31. The highest BCUT2D eigenvalue weighted by atomic mass is 16.5. The Morgan fingerprint density at radius 1 is 1.44 bits per heavy atom. The van der Waals surface area contributed by atoms with E-state index in [1.54, 1.807) is 16.9 Å². The lowest BCUT2D eigenvalue weighted by molar-refractivity contribution is 0.373. The summed E-state index contributed by atoms with van der Waals surface area (Å²) in [6.07, 6.45) is 3.68. The zero-order chi connectivity index (χ0) is 13.1. The number of nitrogens with one attached hydrogen (secondary N) is 1. The molecule has 1 atom stereocenters. The van der Waals surface area contributed by atoms with Gasteiger partial charge >= 0.3 is 0 Å². The van der Waals surface area contributed by atoms with Crippen LogP contribution in [0.3, 0.4) is 0 Å². The van der Waals surface area contributed by atoms with Gasteiger partial charge in [-0.05, 0) is 24.6 Å². The molecule has 1 aromatic carbocycles. The Morgan fingerprint density at radius 2 is 2.22 bits per heavy atom. The summed E-state index contributed by atoms with van der Waals surface area (Å²) < 4.78 is 6.84. The van der Waals surface area contributed by atoms with Crippen molar-refractivity contribution in [3.63, 3.8) is 0 Å². The predicted molar refractivity (Wildman–Crippen MR) is 69.9 cm³/mol. The Morgan fingerprint density at radius 3 is 2.83 bits per heavy atom. The number of rotatable bonds is 4. The summed E-state index contributed by atoms with van der Waals surface area (Å²) in [5, 5.41) is 17.0. The first kappa shape index (κ1) is 12.3. The van der Waals surface area contributed by atoms with Crippen LogP contribution in [0.1, 0.15) is 18.5 Å². The number of aromatic nitrogens is 2. The smallest absolute Gasteiger partial charge is 0.160 e. The second-order valence-corrected chi connectivity index (χ2v) is 4.20. The average Bonchev–Trinajstić information content (AvgIpc) is 2.75. The lowest BCUT2D eigenvalue weighted by Crippen LogP contribution is -2.06. The Balaban J connectivity index is 2.15. The summed E-state index contributed by atoms with van der Waals surface area (Å²) in [7, 11) is 3.41. The number of nitrogens with zero attached hydrogens (tertiary/aromatic N) is 2. The molecule has 0 radical (unpaired) electrons. The van der Waals surface area contributed by atoms with Crippen molar-refractivity contribution < 1.29 is 9.84 Å². The molecule has 0 saturated heterocycles. The minimum Gasteiger partial charge on any atom is -0.504 e. The Kier molecular flexibility index (Phi) is 3.41. The summed E-state index contributed by atoms with van der Waals surface area (Å²) in [5.41, 5.74) is 1.99. The lowest BCUT2D eigenvalue weighted by atomic mass is 10.1. The van der Waals surface area contributed by atoms with E-state index in [0.29, 0.717) is 5.75 Å². The van der Waals surface area contributed by atoms with Crippen molar-refractivity contribution in [3.05, 3.63) is 36.2 Å². The summed E-state index contributed by atoms with van der Waals surface area (Å²) in [4.78, 5) is 0. The first-order valence-electron chi connectivity index (χ1n) is 5.72. The molecule has 0 amide bonds. The molecule has 0 bridgehead atoms. The van der Waals surface area contributed by atoms with E-state index in [1.165, 1.54) is 7.11 Å². The monoisotopic (exact) mass is 247 g/mol. The molecule has 1 aromatic heterocycles. The van der Waals surface area contributed by atoms with Crippen molar-refractivity contribution in [1.29, 1.82) is 0 Å². The quantitative estimate of drug-likeness (QED) is 0.870. The van der Waals surface area contributed by atoms with Gasteiger partial charge in [0, 0.05) is 19.3 Å². The molecule has 2 aromatic rings. The number of hydrogen-bond acceptors (Lipinski definition) is 4. The molecule has 0 aliphatic rings. The number of anilines is 1. The highest BCUT2D eigenvalue weighted by Crippen LogP contribution is 2.29. The van der Waals surface area contributed by atoms with Crippen LogP contribution in [0.15, 0.2) is 30.6 Å². The van der Waals surface area contributed by atoms with E-state index in [-0.39, 0.29) is 11.8 Å². The first-order chi connectivity index (χ1) is 8.60. The van der Waals surface area contributed by atoms with E-state index in [2.05, 4.69) is 10.4 Å². The van der Waals surface area contributed by atoms with E-state index in [4.69, 9.17) is 4.74 Å². The van der Waals surface area contributed by atoms with Crippen molar-refractivity contribution in [2.24, 2.45) is 7.05 Å². The summed E-state index contributed by atoms with van der Waals surface area (Å²) in [6, 6.07) is 5.42. The minimum absolute atomic E-state index is 0.101. The summed E-state index contributed by atoms with van der Waals surface area (Å²) >= 11 is 0. The number of aryl methyl sites for hydroxylation is 1. The molecular weight excluding hydrogens is 230 g/mol. The maximum absolute atomic E-state index is 9.55. The van der Waals surface area contributed by atoms with Crippen LogP contribution in [-0.2, 0) is 7.05 Å². The fourth-order valence-electron chi connectivity index (χ4n) is 1.79. The molecule has 0 aliphatic heterocycles. The van der Waals surface area contributed by atoms with Gasteiger partial charge in [0.15, 0.2) is 11.5 Å². The molecule has 5 nitrogen and oxygen atoms in total. The number of aromatic hydroxyl groups is 1. The Hall–Kier alpha value is -2.17. The topological polar surface area (TPSA) is 59.3 Å². The van der Waals surface area contributed by atoms with Gasteiger partial charge in [-0.3, -0.25) is 4.68 Å². The Bertz CT molecular complexity index is 537. The lowest BCUT2D eigenvalue weighted by Gasteiger charge is -2.15. The molecule has 0 aliphatic carbocycles. The van der Waals surface area contributed by atoms with Crippen LogP contribution in [0.4, 0.5) is 5.69 Å². The van der Waals surface area contributed by atoms with Crippen LogP contribution < -0.4 is 10.1 Å². The molecule has 1 heterocycles. The van der Waals surface area contributed by atoms with Gasteiger partial charge in [-0.25, -0.2) is 0 Å². The Labute approximate surface area is 106 Å². The van der Waals surface area contributed by atoms with Crippen molar-refractivity contribution >= 4 is 5.69 Å². The maximum atomic E-state index is 9.55. The molecule has 2 rings (SSSR count). The van der Waals surface area contributed by atoms with Crippen molar-refractivity contribution in [1.82, 2.24) is 9.78 Å². The van der Waals surface area contributed by atoms with Crippen LogP contribution in [0, 0.1) is 0 Å². The second-order valence-electron chi connectivity index (χ2n) is 4.20. The zero-order valence-corrected chi connectivity index (χ0v) is 10.7. The minimum atomic E-state index is 0.101. The van der Waals surface area contributed by atoms with Crippen molar-refractivity contribution in [2.45, 2.75) is 13.0 Å². The molecule has 18 heavy (non-hydrogen) atoms. The number of phenols is 1. The fourth-order valence-corrected chi connectivity index (χ4v) is 1.79.